The van der Waals surface area contributed by atoms with E-state index in [2.05, 4.69) is 0 Å². The molecule has 0 aromatic heterocycles. The maximum absolute atomic E-state index is 13.6. The smallest absolute Gasteiger partial charge is 0.269 e. The lowest BCUT2D eigenvalue weighted by Gasteiger charge is -2.46. The molecule has 1 fully saturated rings. The lowest BCUT2D eigenvalue weighted by Crippen LogP contribution is -2.59. The molecule has 0 radical (unpaired) electrons. The zero-order valence-electron chi connectivity index (χ0n) is 18.4. The van der Waals surface area contributed by atoms with Gasteiger partial charge in [0.25, 0.3) is 5.69 Å². The first-order valence-corrected chi connectivity index (χ1v) is 12.8. The van der Waals surface area contributed by atoms with Gasteiger partial charge in [0.1, 0.15) is 0 Å². The summed E-state index contributed by atoms with van der Waals surface area (Å²) in [4.78, 5) is 10.4. The molecule has 0 saturated carbocycles. The second-order valence-corrected chi connectivity index (χ2v) is 10.7. The van der Waals surface area contributed by atoms with E-state index >= 15 is 0 Å². The number of hydrogen-bond donors (Lipinski definition) is 0. The van der Waals surface area contributed by atoms with Crippen LogP contribution in [0.5, 0.6) is 0 Å². The van der Waals surface area contributed by atoms with Gasteiger partial charge in [0, 0.05) is 43.9 Å². The minimum Gasteiger partial charge on any atom is -0.367 e. The van der Waals surface area contributed by atoms with Crippen molar-refractivity contribution in [2.45, 2.75) is 29.4 Å². The van der Waals surface area contributed by atoms with E-state index in [0.29, 0.717) is 12.8 Å². The Morgan fingerprint density at radius 2 is 1.47 bits per heavy atom. The molecule has 1 heterocycles. The predicted octanol–water partition coefficient (Wildman–Crippen LogP) is 4.45. The summed E-state index contributed by atoms with van der Waals surface area (Å²) in [5, 5.41) is 11.0. The topological polar surface area (TPSA) is 89.8 Å². The van der Waals surface area contributed by atoms with Crippen molar-refractivity contribution in [1.82, 2.24) is 4.31 Å². The molecule has 4 rings (SSSR count). The Labute approximate surface area is 204 Å². The van der Waals surface area contributed by atoms with Crippen molar-refractivity contribution >= 4 is 27.3 Å². The van der Waals surface area contributed by atoms with Crippen LogP contribution in [-0.2, 0) is 27.6 Å². The molecular formula is C25H25ClN2O5S. The third kappa shape index (κ3) is 5.47. The van der Waals surface area contributed by atoms with Crippen molar-refractivity contribution in [2.75, 3.05) is 19.0 Å². The maximum Gasteiger partial charge on any atom is 0.269 e. The highest BCUT2D eigenvalue weighted by Gasteiger charge is 2.45. The summed E-state index contributed by atoms with van der Waals surface area (Å²) in [6.45, 7) is 0.234. The summed E-state index contributed by atoms with van der Waals surface area (Å²) in [6, 6.07) is 24.6. The van der Waals surface area contributed by atoms with E-state index in [9.17, 15) is 18.5 Å². The summed E-state index contributed by atoms with van der Waals surface area (Å²) in [6.07, 6.45) is 0.501. The largest absolute Gasteiger partial charge is 0.367 e. The van der Waals surface area contributed by atoms with Crippen LogP contribution < -0.4 is 0 Å². The summed E-state index contributed by atoms with van der Waals surface area (Å²) >= 11 is 6.21. The Morgan fingerprint density at radius 3 is 1.94 bits per heavy atom. The average molecular weight is 501 g/mol. The molecule has 178 valence electrons. The lowest BCUT2D eigenvalue weighted by molar-refractivity contribution is -0.384. The third-order valence-corrected chi connectivity index (χ3v) is 8.05. The Balaban J connectivity index is 1.71. The van der Waals surface area contributed by atoms with Gasteiger partial charge in [0.15, 0.2) is 0 Å². The van der Waals surface area contributed by atoms with Crippen molar-refractivity contribution in [2.24, 2.45) is 0 Å². The van der Waals surface area contributed by atoms with Crippen LogP contribution >= 0.6 is 11.6 Å². The molecule has 9 heteroatoms. The minimum absolute atomic E-state index is 0.00152. The molecule has 0 N–H and O–H groups in total. The second-order valence-electron chi connectivity index (χ2n) is 8.45. The Bertz CT molecular complexity index is 1180. The van der Waals surface area contributed by atoms with Gasteiger partial charge in [-0.3, -0.25) is 10.1 Å². The van der Waals surface area contributed by atoms with E-state index in [1.807, 2.05) is 60.7 Å². The zero-order chi connectivity index (χ0) is 24.2. The quantitative estimate of drug-likeness (QED) is 0.259. The van der Waals surface area contributed by atoms with Crippen LogP contribution in [-0.4, -0.2) is 48.3 Å². The van der Waals surface area contributed by atoms with Gasteiger partial charge in [-0.2, -0.15) is 4.31 Å². The Hall–Kier alpha value is -2.78. The first-order valence-electron chi connectivity index (χ1n) is 10.9. The number of hydrogen-bond acceptors (Lipinski definition) is 5. The average Bonchev–Trinajstić information content (AvgIpc) is 2.85. The lowest BCUT2D eigenvalue weighted by atomic mass is 9.86. The zero-order valence-corrected chi connectivity index (χ0v) is 20.0. The molecule has 0 bridgehead atoms. The molecule has 0 spiro atoms. The van der Waals surface area contributed by atoms with Gasteiger partial charge in [0.2, 0.25) is 10.0 Å². The summed E-state index contributed by atoms with van der Waals surface area (Å²) in [5.74, 6) is 0.137. The molecule has 1 aliphatic rings. The Kier molecular flexibility index (Phi) is 7.33. The normalized spacial score (nSPS) is 18.4. The molecule has 1 unspecified atom stereocenters. The molecule has 0 aliphatic carbocycles. The van der Waals surface area contributed by atoms with E-state index in [0.717, 1.165) is 11.1 Å². The first-order chi connectivity index (χ1) is 16.3. The molecule has 1 aliphatic heterocycles. The number of non-ortho nitro benzene ring substituents is 1. The molecule has 34 heavy (non-hydrogen) atoms. The minimum atomic E-state index is -3.93. The maximum atomic E-state index is 13.6. The third-order valence-electron chi connectivity index (χ3n) is 5.88. The molecule has 7 nitrogen and oxygen atoms in total. The van der Waals surface area contributed by atoms with Crippen molar-refractivity contribution in [3.05, 3.63) is 106 Å². The van der Waals surface area contributed by atoms with E-state index < -0.39 is 26.7 Å². The fourth-order valence-corrected chi connectivity index (χ4v) is 6.09. The van der Waals surface area contributed by atoms with Crippen molar-refractivity contribution in [1.29, 1.82) is 0 Å². The van der Waals surface area contributed by atoms with E-state index in [4.69, 9.17) is 16.3 Å². The number of nitro benzene ring substituents is 1. The van der Waals surface area contributed by atoms with Crippen LogP contribution in [0.15, 0.2) is 89.8 Å². The standard InChI is InChI=1S/C25H25ClN2O5S/c26-17-23-18-27(34(31,32)24-13-11-22(12-14-24)28(29)30)19-25(33-23,15-20-7-3-1-4-8-20)16-21-9-5-2-6-10-21/h1-14,23H,15-19H2. The van der Waals surface area contributed by atoms with E-state index in [1.165, 1.54) is 28.6 Å². The number of sulfonamides is 1. The number of nitro groups is 1. The van der Waals surface area contributed by atoms with Gasteiger partial charge in [-0.1, -0.05) is 60.7 Å². The monoisotopic (exact) mass is 500 g/mol. The number of morpholine rings is 1. The summed E-state index contributed by atoms with van der Waals surface area (Å²) in [7, 11) is -3.93. The van der Waals surface area contributed by atoms with Crippen molar-refractivity contribution < 1.29 is 18.1 Å². The van der Waals surface area contributed by atoms with Crippen molar-refractivity contribution in [3.8, 4) is 0 Å². The molecule has 0 amide bonds. The fourth-order valence-electron chi connectivity index (χ4n) is 4.39. The van der Waals surface area contributed by atoms with Crippen LogP contribution in [0.2, 0.25) is 0 Å². The summed E-state index contributed by atoms with van der Waals surface area (Å²) < 4.78 is 35.1. The number of halogens is 1. The molecular weight excluding hydrogens is 476 g/mol. The van der Waals surface area contributed by atoms with E-state index in [-0.39, 0.29) is 29.6 Å². The van der Waals surface area contributed by atoms with Crippen LogP contribution in [0.1, 0.15) is 11.1 Å². The Morgan fingerprint density at radius 1 is 0.941 bits per heavy atom. The fraction of sp³-hybridized carbons (Fsp3) is 0.280. The SMILES string of the molecule is O=[N+]([O-])c1ccc(S(=O)(=O)N2CC(CCl)OC(Cc3ccccc3)(Cc3ccccc3)C2)cc1. The van der Waals surface area contributed by atoms with Crippen molar-refractivity contribution in [3.63, 3.8) is 0 Å². The van der Waals surface area contributed by atoms with Crippen LogP contribution in [0.3, 0.4) is 0 Å². The van der Waals surface area contributed by atoms with Gasteiger partial charge in [0.05, 0.1) is 21.5 Å². The highest BCUT2D eigenvalue weighted by atomic mass is 35.5. The van der Waals surface area contributed by atoms with E-state index in [1.54, 1.807) is 0 Å². The predicted molar refractivity (Wildman–Crippen MR) is 130 cm³/mol. The summed E-state index contributed by atoms with van der Waals surface area (Å²) in [5.41, 5.74) is 1.05. The number of benzene rings is 3. The number of ether oxygens (including phenoxy) is 1. The van der Waals surface area contributed by atoms with Crippen LogP contribution in [0.25, 0.3) is 0 Å². The van der Waals surface area contributed by atoms with Crippen LogP contribution in [0, 0.1) is 10.1 Å². The molecule has 3 aromatic rings. The van der Waals surface area contributed by atoms with Gasteiger partial charge in [-0.05, 0) is 23.3 Å². The number of alkyl halides is 1. The first kappa shape index (κ1) is 24.3. The number of rotatable bonds is 8. The van der Waals surface area contributed by atoms with Gasteiger partial charge in [-0.25, -0.2) is 8.42 Å². The number of nitrogens with zero attached hydrogens (tertiary/aromatic N) is 2. The van der Waals surface area contributed by atoms with Crippen LogP contribution in [0.4, 0.5) is 5.69 Å². The van der Waals surface area contributed by atoms with Gasteiger partial charge in [-0.15, -0.1) is 11.6 Å². The highest BCUT2D eigenvalue weighted by Crippen LogP contribution is 2.33. The molecule has 1 saturated heterocycles. The van der Waals surface area contributed by atoms with Gasteiger partial charge >= 0.3 is 0 Å². The highest BCUT2D eigenvalue weighted by molar-refractivity contribution is 7.89. The molecule has 1 atom stereocenters. The molecule has 3 aromatic carbocycles. The second kappa shape index (κ2) is 10.2. The van der Waals surface area contributed by atoms with Gasteiger partial charge < -0.3 is 4.74 Å².